The van der Waals surface area contributed by atoms with Crippen molar-refractivity contribution in [3.8, 4) is 11.5 Å². The predicted molar refractivity (Wildman–Crippen MR) is 95.2 cm³/mol. The molecule has 0 spiro atoms. The normalized spacial score (nSPS) is 17.3. The quantitative estimate of drug-likeness (QED) is 0.739. The van der Waals surface area contributed by atoms with Crippen molar-refractivity contribution >= 4 is 16.9 Å². The van der Waals surface area contributed by atoms with Crippen LogP contribution in [0.4, 0.5) is 0 Å². The summed E-state index contributed by atoms with van der Waals surface area (Å²) >= 11 is 0. The van der Waals surface area contributed by atoms with Crippen LogP contribution in [-0.2, 0) is 22.4 Å². The SMILES string of the molecule is COC(=O)[C@H](O)Cc1cc(=O)c2c(OC)c3c(cc2o1)O[C@H](C(C)(C)O)C3. The first-order chi connectivity index (χ1) is 12.7. The van der Waals surface area contributed by atoms with Crippen LogP contribution in [-0.4, -0.2) is 48.2 Å². The van der Waals surface area contributed by atoms with Gasteiger partial charge in [0, 0.05) is 30.5 Å². The minimum atomic E-state index is -1.44. The summed E-state index contributed by atoms with van der Waals surface area (Å²) in [4.78, 5) is 24.0. The lowest BCUT2D eigenvalue weighted by Crippen LogP contribution is -2.39. The van der Waals surface area contributed by atoms with Crippen LogP contribution >= 0.6 is 0 Å². The first-order valence-corrected chi connectivity index (χ1v) is 8.47. The van der Waals surface area contributed by atoms with Crippen LogP contribution in [0.25, 0.3) is 11.0 Å². The monoisotopic (exact) mass is 378 g/mol. The molecule has 27 heavy (non-hydrogen) atoms. The van der Waals surface area contributed by atoms with Crippen molar-refractivity contribution in [3.63, 3.8) is 0 Å². The summed E-state index contributed by atoms with van der Waals surface area (Å²) in [5.74, 6) is 0.105. The van der Waals surface area contributed by atoms with E-state index in [2.05, 4.69) is 4.74 Å². The molecular weight excluding hydrogens is 356 g/mol. The minimum absolute atomic E-state index is 0.129. The highest BCUT2D eigenvalue weighted by atomic mass is 16.5. The molecule has 0 bridgehead atoms. The van der Waals surface area contributed by atoms with Gasteiger partial charge < -0.3 is 28.8 Å². The van der Waals surface area contributed by atoms with E-state index in [1.807, 2.05) is 0 Å². The van der Waals surface area contributed by atoms with Gasteiger partial charge in [0.15, 0.2) is 11.5 Å². The van der Waals surface area contributed by atoms with Gasteiger partial charge >= 0.3 is 5.97 Å². The number of carbonyl (C=O) groups is 1. The molecule has 3 rings (SSSR count). The Morgan fingerprint density at radius 2 is 2.07 bits per heavy atom. The van der Waals surface area contributed by atoms with Crippen molar-refractivity contribution in [2.45, 2.75) is 44.5 Å². The second kappa shape index (κ2) is 6.86. The summed E-state index contributed by atoms with van der Waals surface area (Å²) < 4.78 is 21.4. The second-order valence-corrected chi connectivity index (χ2v) is 7.04. The third kappa shape index (κ3) is 3.50. The molecular formula is C19H22O8. The van der Waals surface area contributed by atoms with E-state index in [-0.39, 0.29) is 28.6 Å². The highest BCUT2D eigenvalue weighted by Gasteiger charge is 2.37. The molecule has 0 amide bonds. The van der Waals surface area contributed by atoms with E-state index in [0.29, 0.717) is 23.5 Å². The van der Waals surface area contributed by atoms with Gasteiger partial charge in [-0.2, -0.15) is 0 Å². The van der Waals surface area contributed by atoms with Crippen molar-refractivity contribution in [2.24, 2.45) is 0 Å². The van der Waals surface area contributed by atoms with Crippen molar-refractivity contribution in [1.82, 2.24) is 0 Å². The van der Waals surface area contributed by atoms with Gasteiger partial charge in [-0.15, -0.1) is 0 Å². The molecule has 8 nitrogen and oxygen atoms in total. The molecule has 2 aromatic rings. The molecule has 146 valence electrons. The number of aliphatic hydroxyl groups is 2. The molecule has 2 N–H and O–H groups in total. The maximum absolute atomic E-state index is 12.7. The largest absolute Gasteiger partial charge is 0.495 e. The zero-order valence-electron chi connectivity index (χ0n) is 15.6. The molecule has 0 aliphatic carbocycles. The summed E-state index contributed by atoms with van der Waals surface area (Å²) in [5, 5.41) is 20.3. The van der Waals surface area contributed by atoms with E-state index < -0.39 is 23.8 Å². The number of methoxy groups -OCH3 is 2. The molecule has 8 heteroatoms. The highest BCUT2D eigenvalue weighted by molar-refractivity contribution is 5.87. The van der Waals surface area contributed by atoms with Gasteiger partial charge in [-0.1, -0.05) is 0 Å². The standard InChI is InChI=1S/C19H22O8/c1-19(2,23)15-7-10-13(27-15)8-14-16(17(10)24-3)11(20)5-9(26-14)6-12(21)18(22)25-4/h5,8,12,15,21,23H,6-7H2,1-4H3/t12-,15+/m1/s1. The first-order valence-electron chi connectivity index (χ1n) is 8.47. The van der Waals surface area contributed by atoms with E-state index in [4.69, 9.17) is 13.9 Å². The molecule has 0 saturated carbocycles. The minimum Gasteiger partial charge on any atom is -0.495 e. The van der Waals surface area contributed by atoms with Crippen molar-refractivity contribution in [3.05, 3.63) is 33.7 Å². The predicted octanol–water partition coefficient (Wildman–Crippen LogP) is 0.952. The number of aliphatic hydroxyl groups excluding tert-OH is 1. The number of rotatable bonds is 5. The Morgan fingerprint density at radius 1 is 1.37 bits per heavy atom. The van der Waals surface area contributed by atoms with Gasteiger partial charge in [-0.05, 0) is 13.8 Å². The Balaban J connectivity index is 2.08. The summed E-state index contributed by atoms with van der Waals surface area (Å²) in [7, 11) is 2.60. The van der Waals surface area contributed by atoms with Gasteiger partial charge in [-0.3, -0.25) is 4.79 Å². The van der Waals surface area contributed by atoms with E-state index in [0.717, 1.165) is 7.11 Å². The zero-order chi connectivity index (χ0) is 19.9. The molecule has 2 heterocycles. The number of fused-ring (bicyclic) bond motifs is 2. The fraction of sp³-hybridized carbons (Fsp3) is 0.474. The fourth-order valence-electron chi connectivity index (χ4n) is 3.16. The Kier molecular flexibility index (Phi) is 4.88. The Morgan fingerprint density at radius 3 is 2.67 bits per heavy atom. The highest BCUT2D eigenvalue weighted by Crippen LogP contribution is 2.42. The van der Waals surface area contributed by atoms with Crippen LogP contribution in [0, 0.1) is 0 Å². The number of esters is 1. The summed E-state index contributed by atoms with van der Waals surface area (Å²) in [6, 6.07) is 2.78. The van der Waals surface area contributed by atoms with Crippen molar-refractivity contribution in [2.75, 3.05) is 14.2 Å². The Bertz CT molecular complexity index is 937. The van der Waals surface area contributed by atoms with Gasteiger partial charge in [0.25, 0.3) is 0 Å². The van der Waals surface area contributed by atoms with Gasteiger partial charge in [-0.25, -0.2) is 4.79 Å². The van der Waals surface area contributed by atoms with E-state index in [1.165, 1.54) is 13.2 Å². The molecule has 0 saturated heterocycles. The summed E-state index contributed by atoms with van der Waals surface area (Å²) in [5.41, 5.74) is -0.549. The van der Waals surface area contributed by atoms with E-state index in [1.54, 1.807) is 19.9 Å². The third-order valence-corrected chi connectivity index (χ3v) is 4.61. The van der Waals surface area contributed by atoms with Crippen LogP contribution in [0.15, 0.2) is 21.3 Å². The summed E-state index contributed by atoms with van der Waals surface area (Å²) in [6.07, 6.45) is -1.75. The fourth-order valence-corrected chi connectivity index (χ4v) is 3.16. The molecule has 0 radical (unpaired) electrons. The van der Waals surface area contributed by atoms with Crippen LogP contribution < -0.4 is 14.9 Å². The average Bonchev–Trinajstić information content (AvgIpc) is 3.03. The molecule has 1 aromatic heterocycles. The van der Waals surface area contributed by atoms with Crippen LogP contribution in [0.1, 0.15) is 25.2 Å². The lowest BCUT2D eigenvalue weighted by molar-refractivity contribution is -0.150. The number of benzene rings is 1. The number of hydrogen-bond donors (Lipinski definition) is 2. The molecule has 0 fully saturated rings. The van der Waals surface area contributed by atoms with Crippen molar-refractivity contribution < 1.29 is 33.6 Å². The zero-order valence-corrected chi connectivity index (χ0v) is 15.6. The number of ether oxygens (including phenoxy) is 3. The maximum Gasteiger partial charge on any atom is 0.335 e. The van der Waals surface area contributed by atoms with Crippen molar-refractivity contribution in [1.29, 1.82) is 0 Å². The first kappa shape index (κ1) is 19.2. The topological polar surface area (TPSA) is 115 Å². The van der Waals surface area contributed by atoms with Crippen LogP contribution in [0.2, 0.25) is 0 Å². The molecule has 0 unspecified atom stereocenters. The lowest BCUT2D eigenvalue weighted by atomic mass is 9.96. The van der Waals surface area contributed by atoms with Gasteiger partial charge in [0.05, 0.1) is 19.8 Å². The number of carbonyl (C=O) groups excluding carboxylic acids is 1. The summed E-state index contributed by atoms with van der Waals surface area (Å²) in [6.45, 7) is 3.29. The second-order valence-electron chi connectivity index (χ2n) is 7.04. The molecule has 1 aliphatic rings. The smallest absolute Gasteiger partial charge is 0.335 e. The molecule has 2 atom stereocenters. The van der Waals surface area contributed by atoms with E-state index in [9.17, 15) is 19.8 Å². The van der Waals surface area contributed by atoms with E-state index >= 15 is 0 Å². The van der Waals surface area contributed by atoms with Gasteiger partial charge in [0.2, 0.25) is 0 Å². The van der Waals surface area contributed by atoms with Gasteiger partial charge in [0.1, 0.15) is 34.3 Å². The maximum atomic E-state index is 12.7. The average molecular weight is 378 g/mol. The van der Waals surface area contributed by atoms with Crippen LogP contribution in [0.5, 0.6) is 11.5 Å². The lowest BCUT2D eigenvalue weighted by Gasteiger charge is -2.24. The molecule has 1 aliphatic heterocycles. The van der Waals surface area contributed by atoms with Crippen LogP contribution in [0.3, 0.4) is 0 Å². The third-order valence-electron chi connectivity index (χ3n) is 4.61. The Labute approximate surface area is 155 Å². The Hall–Kier alpha value is -2.58. The number of hydrogen-bond acceptors (Lipinski definition) is 8. The molecule has 1 aromatic carbocycles.